The Labute approximate surface area is 99.7 Å². The van der Waals surface area contributed by atoms with Crippen molar-refractivity contribution in [1.29, 1.82) is 0 Å². The second kappa shape index (κ2) is 5.52. The highest BCUT2D eigenvalue weighted by atomic mass is 16.5. The van der Waals surface area contributed by atoms with E-state index in [2.05, 4.69) is 0 Å². The molecule has 4 heteroatoms. The van der Waals surface area contributed by atoms with E-state index in [4.69, 9.17) is 9.84 Å². The van der Waals surface area contributed by atoms with Crippen molar-refractivity contribution in [3.05, 3.63) is 48.8 Å². The normalized spacial score (nSPS) is 12.4. The van der Waals surface area contributed by atoms with Crippen LogP contribution in [0.15, 0.2) is 48.8 Å². The summed E-state index contributed by atoms with van der Waals surface area (Å²) in [5.74, 6) is 0.677. The zero-order valence-corrected chi connectivity index (χ0v) is 9.36. The molecule has 0 radical (unpaired) electrons. The molecular weight excluding hydrogens is 218 g/mol. The second-order valence-corrected chi connectivity index (χ2v) is 3.71. The van der Waals surface area contributed by atoms with Crippen molar-refractivity contribution >= 4 is 0 Å². The van der Waals surface area contributed by atoms with Crippen molar-refractivity contribution in [2.75, 3.05) is 13.2 Å². The molecule has 0 aliphatic heterocycles. The van der Waals surface area contributed by atoms with E-state index in [0.29, 0.717) is 5.75 Å². The molecule has 1 unspecified atom stereocenters. The summed E-state index contributed by atoms with van der Waals surface area (Å²) < 4.78 is 7.41. The average molecular weight is 233 g/mol. The molecule has 1 aromatic heterocycles. The summed E-state index contributed by atoms with van der Waals surface area (Å²) in [6.45, 7) is -0.222. The maximum atomic E-state index is 9.26. The van der Waals surface area contributed by atoms with Gasteiger partial charge >= 0.3 is 0 Å². The van der Waals surface area contributed by atoms with Crippen molar-refractivity contribution < 1.29 is 14.9 Å². The molecule has 2 aromatic rings. The average Bonchev–Trinajstić information content (AvgIpc) is 2.90. The Hall–Kier alpha value is -1.78. The van der Waals surface area contributed by atoms with Gasteiger partial charge in [0.2, 0.25) is 0 Å². The number of benzene rings is 1. The number of hydrogen-bond acceptors (Lipinski definition) is 3. The summed E-state index contributed by atoms with van der Waals surface area (Å²) >= 11 is 0. The molecule has 2 N–H and O–H groups in total. The Morgan fingerprint density at radius 1 is 1.12 bits per heavy atom. The number of ether oxygens (including phenoxy) is 1. The monoisotopic (exact) mass is 233 g/mol. The zero-order chi connectivity index (χ0) is 12.1. The van der Waals surface area contributed by atoms with E-state index in [-0.39, 0.29) is 13.2 Å². The molecule has 0 aliphatic carbocycles. The lowest BCUT2D eigenvalue weighted by atomic mass is 10.3. The largest absolute Gasteiger partial charge is 0.489 e. The van der Waals surface area contributed by atoms with Gasteiger partial charge in [-0.15, -0.1) is 0 Å². The van der Waals surface area contributed by atoms with Crippen molar-refractivity contribution in [2.45, 2.75) is 6.10 Å². The molecule has 0 spiro atoms. The van der Waals surface area contributed by atoms with Gasteiger partial charge in [0.15, 0.2) is 0 Å². The number of aliphatic hydroxyl groups excluding tert-OH is 2. The van der Waals surface area contributed by atoms with Gasteiger partial charge in [-0.2, -0.15) is 0 Å². The van der Waals surface area contributed by atoms with Gasteiger partial charge in [0, 0.05) is 12.4 Å². The minimum absolute atomic E-state index is 0.0782. The third-order valence-electron chi connectivity index (χ3n) is 2.39. The Morgan fingerprint density at radius 3 is 2.53 bits per heavy atom. The van der Waals surface area contributed by atoms with Gasteiger partial charge in [-0.3, -0.25) is 0 Å². The predicted molar refractivity (Wildman–Crippen MR) is 64.4 cm³/mol. The smallest absolute Gasteiger partial charge is 0.143 e. The highest BCUT2D eigenvalue weighted by molar-refractivity contribution is 5.46. The Morgan fingerprint density at radius 2 is 1.82 bits per heavy atom. The molecule has 1 heterocycles. The van der Waals surface area contributed by atoms with Crippen LogP contribution in [-0.2, 0) is 0 Å². The van der Waals surface area contributed by atoms with Gasteiger partial charge in [0.1, 0.15) is 18.5 Å². The van der Waals surface area contributed by atoms with E-state index in [1.165, 1.54) is 0 Å². The van der Waals surface area contributed by atoms with Crippen LogP contribution in [-0.4, -0.2) is 34.1 Å². The van der Waals surface area contributed by atoms with Crippen LogP contribution in [0.4, 0.5) is 0 Å². The summed E-state index contributed by atoms with van der Waals surface area (Å²) in [5, 5.41) is 18.0. The van der Waals surface area contributed by atoms with Gasteiger partial charge in [-0.1, -0.05) is 12.1 Å². The van der Waals surface area contributed by atoms with Crippen molar-refractivity contribution in [3.8, 4) is 11.4 Å². The third-order valence-corrected chi connectivity index (χ3v) is 2.39. The van der Waals surface area contributed by atoms with E-state index in [1.54, 1.807) is 0 Å². The number of aliphatic hydroxyl groups is 2. The van der Waals surface area contributed by atoms with Crippen molar-refractivity contribution in [1.82, 2.24) is 4.57 Å². The molecule has 17 heavy (non-hydrogen) atoms. The molecule has 2 rings (SSSR count). The number of rotatable bonds is 5. The number of aromatic nitrogens is 1. The molecule has 90 valence electrons. The first-order chi connectivity index (χ1) is 8.31. The topological polar surface area (TPSA) is 54.6 Å². The molecule has 0 aliphatic rings. The SMILES string of the molecule is OCC(O)COc1ccccc1-n1cccc1. The molecule has 1 aromatic carbocycles. The van der Waals surface area contributed by atoms with Gasteiger partial charge in [0.05, 0.1) is 12.3 Å². The quantitative estimate of drug-likeness (QED) is 0.816. The van der Waals surface area contributed by atoms with Crippen molar-refractivity contribution in [3.63, 3.8) is 0 Å². The summed E-state index contributed by atoms with van der Waals surface area (Å²) in [6, 6.07) is 11.4. The summed E-state index contributed by atoms with van der Waals surface area (Å²) in [7, 11) is 0. The second-order valence-electron chi connectivity index (χ2n) is 3.71. The minimum atomic E-state index is -0.854. The van der Waals surface area contributed by atoms with Crippen LogP contribution in [0.2, 0.25) is 0 Å². The first-order valence-electron chi connectivity index (χ1n) is 5.45. The molecule has 4 nitrogen and oxygen atoms in total. The molecule has 0 fully saturated rings. The molecule has 0 amide bonds. The lowest BCUT2D eigenvalue weighted by Gasteiger charge is -2.14. The molecule has 0 saturated carbocycles. The maximum Gasteiger partial charge on any atom is 0.143 e. The highest BCUT2D eigenvalue weighted by Crippen LogP contribution is 2.22. The van der Waals surface area contributed by atoms with Crippen LogP contribution in [0.1, 0.15) is 0 Å². The fourth-order valence-corrected chi connectivity index (χ4v) is 1.53. The summed E-state index contributed by atoms with van der Waals surface area (Å²) in [5.41, 5.74) is 0.905. The molecule has 0 bridgehead atoms. The highest BCUT2D eigenvalue weighted by Gasteiger charge is 2.07. The summed E-state index contributed by atoms with van der Waals surface area (Å²) in [4.78, 5) is 0. The number of nitrogens with zero attached hydrogens (tertiary/aromatic N) is 1. The van der Waals surface area contributed by atoms with Crippen LogP contribution in [0.25, 0.3) is 5.69 Å². The van der Waals surface area contributed by atoms with Crippen LogP contribution >= 0.6 is 0 Å². The Bertz CT molecular complexity index is 453. The first-order valence-corrected chi connectivity index (χ1v) is 5.45. The van der Waals surface area contributed by atoms with Crippen LogP contribution < -0.4 is 4.74 Å². The Kier molecular flexibility index (Phi) is 3.80. The summed E-state index contributed by atoms with van der Waals surface area (Å²) in [6.07, 6.45) is 2.99. The van der Waals surface area contributed by atoms with E-state index < -0.39 is 6.10 Å². The standard InChI is InChI=1S/C13H15NO3/c15-9-11(16)10-17-13-6-2-1-5-12(13)14-7-3-4-8-14/h1-8,11,15-16H,9-10H2. The lowest BCUT2D eigenvalue weighted by molar-refractivity contribution is 0.0536. The maximum absolute atomic E-state index is 9.26. The predicted octanol–water partition coefficient (Wildman–Crippen LogP) is 1.21. The minimum Gasteiger partial charge on any atom is -0.489 e. The van der Waals surface area contributed by atoms with Crippen LogP contribution in [0.3, 0.4) is 0 Å². The van der Waals surface area contributed by atoms with Gasteiger partial charge in [-0.05, 0) is 24.3 Å². The number of hydrogen-bond donors (Lipinski definition) is 2. The van der Waals surface area contributed by atoms with Gasteiger partial charge < -0.3 is 19.5 Å². The van der Waals surface area contributed by atoms with E-state index in [0.717, 1.165) is 5.69 Å². The van der Waals surface area contributed by atoms with Gasteiger partial charge in [-0.25, -0.2) is 0 Å². The van der Waals surface area contributed by atoms with E-state index >= 15 is 0 Å². The van der Waals surface area contributed by atoms with E-state index in [1.807, 2.05) is 53.4 Å². The Balaban J connectivity index is 2.17. The molecule has 0 saturated heterocycles. The zero-order valence-electron chi connectivity index (χ0n) is 9.36. The van der Waals surface area contributed by atoms with E-state index in [9.17, 15) is 5.11 Å². The van der Waals surface area contributed by atoms with Crippen molar-refractivity contribution in [2.24, 2.45) is 0 Å². The fourth-order valence-electron chi connectivity index (χ4n) is 1.53. The lowest BCUT2D eigenvalue weighted by Crippen LogP contribution is -2.21. The van der Waals surface area contributed by atoms with Crippen LogP contribution in [0, 0.1) is 0 Å². The van der Waals surface area contributed by atoms with Crippen LogP contribution in [0.5, 0.6) is 5.75 Å². The number of para-hydroxylation sites is 2. The fraction of sp³-hybridized carbons (Fsp3) is 0.231. The molecular formula is C13H15NO3. The first kappa shape index (κ1) is 11.7. The molecule has 1 atom stereocenters. The van der Waals surface area contributed by atoms with Gasteiger partial charge in [0.25, 0.3) is 0 Å². The third kappa shape index (κ3) is 2.87.